The van der Waals surface area contributed by atoms with Crippen LogP contribution in [-0.4, -0.2) is 31.8 Å². The molecule has 2 N–H and O–H groups in total. The van der Waals surface area contributed by atoms with Gasteiger partial charge in [-0.1, -0.05) is 12.1 Å². The van der Waals surface area contributed by atoms with Crippen LogP contribution in [0.4, 0.5) is 10.2 Å². The molecule has 3 aromatic heterocycles. The van der Waals surface area contributed by atoms with Crippen molar-refractivity contribution < 1.29 is 14.0 Å². The fraction of sp³-hybridized carbons (Fsp3) is 0.0909. The van der Waals surface area contributed by atoms with E-state index < -0.39 is 11.8 Å². The molecule has 154 valence electrons. The van der Waals surface area contributed by atoms with Crippen LogP contribution in [0.3, 0.4) is 0 Å². The molecule has 4 heterocycles. The van der Waals surface area contributed by atoms with E-state index in [0.717, 1.165) is 21.0 Å². The van der Waals surface area contributed by atoms with Crippen molar-refractivity contribution in [3.05, 3.63) is 65.6 Å². The van der Waals surface area contributed by atoms with Gasteiger partial charge in [0.2, 0.25) is 0 Å². The van der Waals surface area contributed by atoms with Gasteiger partial charge < -0.3 is 4.98 Å². The molecule has 4 aromatic rings. The zero-order chi connectivity index (χ0) is 21.7. The Kier molecular flexibility index (Phi) is 4.40. The van der Waals surface area contributed by atoms with Crippen LogP contribution in [0.1, 0.15) is 12.5 Å². The van der Waals surface area contributed by atoms with Gasteiger partial charge in [-0.05, 0) is 49.2 Å². The third-order valence-electron chi connectivity index (χ3n) is 5.05. The molecule has 0 saturated heterocycles. The number of anilines is 1. The standard InChI is InChI=1S/C22H16FN5O2S/c1-11-10-16(29)28(22(11)30)27-20-17-12(2)18(13-5-7-14(23)8-6-13)31-21(17)26-19(25-20)15-4-3-9-24-15/h3-10,24H,1-2H3,(H,25,26,27). The lowest BCUT2D eigenvalue weighted by molar-refractivity contribution is -0.135. The van der Waals surface area contributed by atoms with Crippen molar-refractivity contribution in [1.82, 2.24) is 20.0 Å². The van der Waals surface area contributed by atoms with Crippen LogP contribution in [0.5, 0.6) is 0 Å². The zero-order valence-electron chi connectivity index (χ0n) is 16.6. The smallest absolute Gasteiger partial charge is 0.275 e. The summed E-state index contributed by atoms with van der Waals surface area (Å²) in [6, 6.07) is 9.90. The highest BCUT2D eigenvalue weighted by molar-refractivity contribution is 7.22. The number of halogens is 1. The largest absolute Gasteiger partial charge is 0.359 e. The molecule has 0 spiro atoms. The van der Waals surface area contributed by atoms with Gasteiger partial charge in [-0.15, -0.1) is 11.3 Å². The second-order valence-corrected chi connectivity index (χ2v) is 8.14. The maximum atomic E-state index is 13.4. The van der Waals surface area contributed by atoms with E-state index in [1.807, 2.05) is 19.1 Å². The summed E-state index contributed by atoms with van der Waals surface area (Å²) in [5.74, 6) is -0.419. The number of hydrazine groups is 1. The quantitative estimate of drug-likeness (QED) is 0.464. The summed E-state index contributed by atoms with van der Waals surface area (Å²) in [6.45, 7) is 3.50. The molecule has 1 aliphatic heterocycles. The number of fused-ring (bicyclic) bond motifs is 1. The molecule has 0 radical (unpaired) electrons. The summed E-state index contributed by atoms with van der Waals surface area (Å²) < 4.78 is 13.4. The number of aromatic nitrogens is 3. The highest BCUT2D eigenvalue weighted by atomic mass is 32.1. The predicted octanol–water partition coefficient (Wildman–Crippen LogP) is 4.44. The van der Waals surface area contributed by atoms with Crippen molar-refractivity contribution in [3.8, 4) is 22.0 Å². The lowest BCUT2D eigenvalue weighted by Gasteiger charge is -2.17. The molecule has 0 bridgehead atoms. The molecule has 0 saturated carbocycles. The minimum atomic E-state index is -0.456. The summed E-state index contributed by atoms with van der Waals surface area (Å²) >= 11 is 1.44. The molecule has 0 atom stereocenters. The summed E-state index contributed by atoms with van der Waals surface area (Å²) in [4.78, 5) is 38.6. The second kappa shape index (κ2) is 7.13. The van der Waals surface area contributed by atoms with Crippen molar-refractivity contribution in [3.63, 3.8) is 0 Å². The average Bonchev–Trinajstić information content (AvgIpc) is 3.45. The van der Waals surface area contributed by atoms with Crippen molar-refractivity contribution in [1.29, 1.82) is 0 Å². The van der Waals surface area contributed by atoms with Gasteiger partial charge in [-0.3, -0.25) is 15.0 Å². The maximum Gasteiger partial charge on any atom is 0.275 e. The molecule has 9 heteroatoms. The minimum Gasteiger partial charge on any atom is -0.359 e. The minimum absolute atomic E-state index is 0.312. The lowest BCUT2D eigenvalue weighted by Crippen LogP contribution is -2.36. The number of amides is 2. The molecule has 31 heavy (non-hydrogen) atoms. The Bertz CT molecular complexity index is 1370. The van der Waals surface area contributed by atoms with Gasteiger partial charge in [0.05, 0.1) is 11.1 Å². The number of hydrogen-bond donors (Lipinski definition) is 2. The molecular weight excluding hydrogens is 417 g/mol. The monoisotopic (exact) mass is 433 g/mol. The highest BCUT2D eigenvalue weighted by Gasteiger charge is 2.30. The number of benzene rings is 1. The molecule has 0 unspecified atom stereocenters. The number of thiophene rings is 1. The number of carbonyl (C=O) groups excluding carboxylic acids is 2. The fourth-order valence-corrected chi connectivity index (χ4v) is 4.67. The third-order valence-corrected chi connectivity index (χ3v) is 6.29. The Morgan fingerprint density at radius 3 is 2.52 bits per heavy atom. The number of aryl methyl sites for hydroxylation is 1. The number of hydrogen-bond acceptors (Lipinski definition) is 6. The van der Waals surface area contributed by atoms with Gasteiger partial charge in [-0.2, -0.15) is 5.01 Å². The molecule has 0 fully saturated rings. The molecular formula is C22H16FN5O2S. The summed E-state index contributed by atoms with van der Waals surface area (Å²) in [5.41, 5.74) is 5.66. The van der Waals surface area contributed by atoms with Crippen molar-refractivity contribution >= 4 is 39.2 Å². The first-order valence-electron chi connectivity index (χ1n) is 9.46. The molecule has 5 rings (SSSR count). The Balaban J connectivity index is 1.69. The summed E-state index contributed by atoms with van der Waals surface area (Å²) in [6.07, 6.45) is 3.05. The van der Waals surface area contributed by atoms with Crippen LogP contribution in [0, 0.1) is 12.7 Å². The first kappa shape index (κ1) is 19.1. The van der Waals surface area contributed by atoms with Gasteiger partial charge in [0.15, 0.2) is 11.6 Å². The number of rotatable bonds is 4. The van der Waals surface area contributed by atoms with E-state index in [9.17, 15) is 14.0 Å². The summed E-state index contributed by atoms with van der Waals surface area (Å²) in [7, 11) is 0. The first-order valence-corrected chi connectivity index (χ1v) is 10.3. The topological polar surface area (TPSA) is 91.0 Å². The van der Waals surface area contributed by atoms with Crippen molar-refractivity contribution in [2.24, 2.45) is 0 Å². The van der Waals surface area contributed by atoms with Gasteiger partial charge in [0, 0.05) is 22.7 Å². The van der Waals surface area contributed by atoms with Crippen LogP contribution in [0.2, 0.25) is 0 Å². The molecule has 0 aliphatic carbocycles. The Hall–Kier alpha value is -3.85. The fourth-order valence-electron chi connectivity index (χ4n) is 3.49. The van der Waals surface area contributed by atoms with Crippen molar-refractivity contribution in [2.45, 2.75) is 13.8 Å². The zero-order valence-corrected chi connectivity index (χ0v) is 17.4. The SMILES string of the molecule is CC1=CC(=O)N(Nc2nc(-c3ccc[nH]3)nc3sc(-c4ccc(F)cc4)c(C)c23)C1=O. The van der Waals surface area contributed by atoms with Crippen LogP contribution < -0.4 is 5.43 Å². The van der Waals surface area contributed by atoms with Crippen LogP contribution in [-0.2, 0) is 9.59 Å². The Labute approximate surface area is 180 Å². The number of nitrogens with zero attached hydrogens (tertiary/aromatic N) is 3. The Morgan fingerprint density at radius 2 is 1.87 bits per heavy atom. The molecule has 1 aromatic carbocycles. The average molecular weight is 433 g/mol. The second-order valence-electron chi connectivity index (χ2n) is 7.14. The van der Waals surface area contributed by atoms with Crippen molar-refractivity contribution in [2.75, 3.05) is 5.43 Å². The van der Waals surface area contributed by atoms with Gasteiger partial charge in [0.1, 0.15) is 10.6 Å². The number of aromatic amines is 1. The molecule has 7 nitrogen and oxygen atoms in total. The van der Waals surface area contributed by atoms with E-state index in [4.69, 9.17) is 4.98 Å². The normalized spacial score (nSPS) is 13.9. The number of imide groups is 1. The van der Waals surface area contributed by atoms with E-state index in [2.05, 4.69) is 15.4 Å². The van der Waals surface area contributed by atoms with E-state index in [0.29, 0.717) is 33.1 Å². The van der Waals surface area contributed by atoms with E-state index in [1.165, 1.54) is 29.5 Å². The van der Waals surface area contributed by atoms with Gasteiger partial charge in [-0.25, -0.2) is 14.4 Å². The van der Waals surface area contributed by atoms with E-state index in [1.54, 1.807) is 25.3 Å². The van der Waals surface area contributed by atoms with Gasteiger partial charge >= 0.3 is 0 Å². The number of carbonyl (C=O) groups is 2. The Morgan fingerprint density at radius 1 is 1.10 bits per heavy atom. The summed E-state index contributed by atoms with van der Waals surface area (Å²) in [5, 5.41) is 1.65. The number of nitrogens with one attached hydrogen (secondary N) is 2. The first-order chi connectivity index (χ1) is 14.9. The lowest BCUT2D eigenvalue weighted by atomic mass is 10.1. The van der Waals surface area contributed by atoms with Gasteiger partial charge in [0.25, 0.3) is 11.8 Å². The highest BCUT2D eigenvalue weighted by Crippen LogP contribution is 2.41. The van der Waals surface area contributed by atoms with E-state index in [-0.39, 0.29) is 5.82 Å². The third kappa shape index (κ3) is 3.19. The van der Waals surface area contributed by atoms with E-state index >= 15 is 0 Å². The maximum absolute atomic E-state index is 13.4. The molecule has 2 amide bonds. The van der Waals surface area contributed by atoms with Crippen LogP contribution in [0.15, 0.2) is 54.2 Å². The van der Waals surface area contributed by atoms with Crippen LogP contribution in [0.25, 0.3) is 32.2 Å². The van der Waals surface area contributed by atoms with Crippen LogP contribution >= 0.6 is 11.3 Å². The molecule has 1 aliphatic rings. The predicted molar refractivity (Wildman–Crippen MR) is 117 cm³/mol. The number of H-pyrrole nitrogens is 1.